The molecule has 0 saturated carbocycles. The molecule has 1 N–H and O–H groups in total. The summed E-state index contributed by atoms with van der Waals surface area (Å²) in [7, 11) is 4.53. The van der Waals surface area contributed by atoms with Crippen LogP contribution >= 0.6 is 11.6 Å². The lowest BCUT2D eigenvalue weighted by Gasteiger charge is -2.25. The fourth-order valence-corrected chi connectivity index (χ4v) is 5.65. The van der Waals surface area contributed by atoms with Gasteiger partial charge in [0.25, 0.3) is 5.56 Å². The summed E-state index contributed by atoms with van der Waals surface area (Å²) in [6.45, 7) is 2.18. The fraction of sp³-hybridized carbons (Fsp3) is 0.258. The average Bonchev–Trinajstić information content (AvgIpc) is 3.47. The molecule has 0 aliphatic carbocycles. The average molecular weight is 605 g/mol. The van der Waals surface area contributed by atoms with E-state index < -0.39 is 0 Å². The summed E-state index contributed by atoms with van der Waals surface area (Å²) in [5.74, 6) is 1.39. The van der Waals surface area contributed by atoms with E-state index in [1.54, 1.807) is 34.9 Å². The van der Waals surface area contributed by atoms with Crippen molar-refractivity contribution < 1.29 is 28.3 Å². The second-order valence-corrected chi connectivity index (χ2v) is 10.3. The van der Waals surface area contributed by atoms with Gasteiger partial charge < -0.3 is 33.7 Å². The molecular formula is C31H29ClN4O7. The van der Waals surface area contributed by atoms with Crippen LogP contribution in [0.1, 0.15) is 5.56 Å². The van der Waals surface area contributed by atoms with Gasteiger partial charge in [-0.3, -0.25) is 14.2 Å². The highest BCUT2D eigenvalue weighted by molar-refractivity contribution is 6.37. The summed E-state index contributed by atoms with van der Waals surface area (Å²) in [5, 5.41) is 8.55. The third kappa shape index (κ3) is 5.21. The molecule has 6 rings (SSSR count). The lowest BCUT2D eigenvalue weighted by Crippen LogP contribution is -2.36. The third-order valence-corrected chi connectivity index (χ3v) is 7.66. The van der Waals surface area contributed by atoms with Crippen molar-refractivity contribution in [1.82, 2.24) is 9.72 Å². The number of rotatable bonds is 8. The summed E-state index contributed by atoms with van der Waals surface area (Å²) in [6, 6.07) is 15.9. The van der Waals surface area contributed by atoms with Crippen LogP contribution in [-0.4, -0.2) is 63.3 Å². The number of anilines is 2. The second-order valence-electron chi connectivity index (χ2n) is 9.89. The van der Waals surface area contributed by atoms with Crippen LogP contribution in [-0.2, 0) is 16.0 Å². The molecule has 12 heteroatoms. The first-order valence-electron chi connectivity index (χ1n) is 13.6. The molecule has 0 spiro atoms. The standard InChI is InChI=1S/C31H29ClN4O7/c1-39-23-16-19(17-24(40-2)29(23)41-3)33-25(37)15-18-6-4-7-20(14-18)36-22-9-5-8-21(32)26(22)28-27(30(36)38)31(43-34-28)35-10-12-42-13-11-35/h4-9,14,16-17H,10-13,15H2,1-3H3,(H,33,37). The van der Waals surface area contributed by atoms with Crippen LogP contribution in [0.4, 0.5) is 11.6 Å². The van der Waals surface area contributed by atoms with E-state index in [1.165, 1.54) is 21.3 Å². The first kappa shape index (κ1) is 28.4. The quantitative estimate of drug-likeness (QED) is 0.266. The molecule has 0 bridgehead atoms. The minimum atomic E-state index is -0.300. The fourth-order valence-electron chi connectivity index (χ4n) is 5.39. The zero-order valence-electron chi connectivity index (χ0n) is 23.8. The Hall–Kier alpha value is -4.74. The predicted octanol–water partition coefficient (Wildman–Crippen LogP) is 4.83. The van der Waals surface area contributed by atoms with E-state index in [9.17, 15) is 9.59 Å². The largest absolute Gasteiger partial charge is 0.493 e. The van der Waals surface area contributed by atoms with Gasteiger partial charge in [0.1, 0.15) is 10.9 Å². The number of nitrogens with one attached hydrogen (secondary N) is 1. The summed E-state index contributed by atoms with van der Waals surface area (Å²) in [4.78, 5) is 29.3. The molecule has 1 aliphatic rings. The SMILES string of the molecule is COc1cc(NC(=O)Cc2cccc(-n3c(=O)c4c(N5CCOCC5)onc4c4c(Cl)cccc43)c2)cc(OC)c1OC. The molecule has 2 aromatic heterocycles. The Labute approximate surface area is 251 Å². The molecule has 3 aromatic carbocycles. The molecule has 1 saturated heterocycles. The molecule has 0 unspecified atom stereocenters. The van der Waals surface area contributed by atoms with Gasteiger partial charge in [-0.05, 0) is 29.8 Å². The van der Waals surface area contributed by atoms with Crippen molar-refractivity contribution >= 4 is 50.9 Å². The van der Waals surface area contributed by atoms with Crippen molar-refractivity contribution in [3.8, 4) is 22.9 Å². The van der Waals surface area contributed by atoms with E-state index in [4.69, 9.17) is 35.1 Å². The van der Waals surface area contributed by atoms with Crippen LogP contribution in [0.5, 0.6) is 17.2 Å². The first-order valence-corrected chi connectivity index (χ1v) is 14.0. The highest BCUT2D eigenvalue weighted by Gasteiger charge is 2.26. The van der Waals surface area contributed by atoms with Crippen LogP contribution < -0.4 is 30.0 Å². The molecule has 43 heavy (non-hydrogen) atoms. The molecule has 11 nitrogen and oxygen atoms in total. The van der Waals surface area contributed by atoms with E-state index in [0.29, 0.717) is 93.2 Å². The molecule has 1 aliphatic heterocycles. The Morgan fingerprint density at radius 3 is 2.40 bits per heavy atom. The Bertz CT molecular complexity index is 1870. The van der Waals surface area contributed by atoms with Gasteiger partial charge >= 0.3 is 0 Å². The normalized spacial score (nSPS) is 13.3. The number of hydrogen-bond donors (Lipinski definition) is 1. The third-order valence-electron chi connectivity index (χ3n) is 7.34. The first-order chi connectivity index (χ1) is 20.9. The van der Waals surface area contributed by atoms with E-state index >= 15 is 0 Å². The lowest BCUT2D eigenvalue weighted by molar-refractivity contribution is -0.115. The topological polar surface area (TPSA) is 117 Å². The monoisotopic (exact) mass is 604 g/mol. The summed E-state index contributed by atoms with van der Waals surface area (Å²) < 4.78 is 29.0. The zero-order valence-corrected chi connectivity index (χ0v) is 24.6. The summed E-state index contributed by atoms with van der Waals surface area (Å²) in [6.07, 6.45) is 0.0481. The van der Waals surface area contributed by atoms with Crippen LogP contribution in [0.15, 0.2) is 63.9 Å². The minimum absolute atomic E-state index is 0.0481. The van der Waals surface area contributed by atoms with Crippen molar-refractivity contribution in [2.75, 3.05) is 57.8 Å². The molecule has 222 valence electrons. The van der Waals surface area contributed by atoms with Crippen molar-refractivity contribution in [2.24, 2.45) is 0 Å². The number of nitrogens with zero attached hydrogens (tertiary/aromatic N) is 3. The summed E-state index contributed by atoms with van der Waals surface area (Å²) in [5.41, 5.74) is 2.44. The number of pyridine rings is 1. The molecule has 3 heterocycles. The van der Waals surface area contributed by atoms with Crippen LogP contribution in [0.25, 0.3) is 27.5 Å². The van der Waals surface area contributed by atoms with Gasteiger partial charge in [0.2, 0.25) is 17.5 Å². The number of carbonyl (C=O) groups is 1. The van der Waals surface area contributed by atoms with Crippen molar-refractivity contribution in [3.63, 3.8) is 0 Å². The van der Waals surface area contributed by atoms with Gasteiger partial charge in [-0.1, -0.05) is 35.0 Å². The van der Waals surface area contributed by atoms with E-state index in [-0.39, 0.29) is 17.9 Å². The van der Waals surface area contributed by atoms with Crippen molar-refractivity contribution in [2.45, 2.75) is 6.42 Å². The molecule has 0 atom stereocenters. The van der Waals surface area contributed by atoms with E-state index in [1.807, 2.05) is 29.2 Å². The van der Waals surface area contributed by atoms with Gasteiger partial charge in [0, 0.05) is 42.0 Å². The molecule has 1 amide bonds. The number of ether oxygens (including phenoxy) is 4. The number of morpholine rings is 1. The Kier molecular flexibility index (Phi) is 7.83. The van der Waals surface area contributed by atoms with Crippen molar-refractivity contribution in [1.29, 1.82) is 0 Å². The second kappa shape index (κ2) is 11.9. The Morgan fingerprint density at radius 1 is 0.977 bits per heavy atom. The number of carbonyl (C=O) groups excluding carboxylic acids is 1. The van der Waals surface area contributed by atoms with Crippen LogP contribution in [0.3, 0.4) is 0 Å². The minimum Gasteiger partial charge on any atom is -0.493 e. The highest BCUT2D eigenvalue weighted by Crippen LogP contribution is 2.40. The Morgan fingerprint density at radius 2 is 1.70 bits per heavy atom. The van der Waals surface area contributed by atoms with Gasteiger partial charge in [-0.2, -0.15) is 0 Å². The van der Waals surface area contributed by atoms with Gasteiger partial charge in [0.05, 0.1) is 51.5 Å². The lowest BCUT2D eigenvalue weighted by atomic mass is 10.1. The Balaban J connectivity index is 1.38. The number of fused-ring (bicyclic) bond motifs is 3. The van der Waals surface area contributed by atoms with Gasteiger partial charge in [0.15, 0.2) is 11.5 Å². The van der Waals surface area contributed by atoms with Crippen LogP contribution in [0.2, 0.25) is 5.02 Å². The summed E-state index contributed by atoms with van der Waals surface area (Å²) >= 11 is 6.67. The number of methoxy groups -OCH3 is 3. The number of amides is 1. The zero-order chi connectivity index (χ0) is 30.1. The molecular weight excluding hydrogens is 576 g/mol. The molecule has 1 fully saturated rings. The smallest absolute Gasteiger partial charge is 0.270 e. The molecule has 5 aromatic rings. The number of benzene rings is 3. The maximum absolute atomic E-state index is 14.2. The highest BCUT2D eigenvalue weighted by atomic mass is 35.5. The number of aromatic nitrogens is 2. The van der Waals surface area contributed by atoms with E-state index in [2.05, 4.69) is 10.5 Å². The predicted molar refractivity (Wildman–Crippen MR) is 164 cm³/mol. The van der Waals surface area contributed by atoms with Gasteiger partial charge in [-0.25, -0.2) is 0 Å². The van der Waals surface area contributed by atoms with Crippen LogP contribution in [0, 0.1) is 0 Å². The maximum atomic E-state index is 14.2. The van der Waals surface area contributed by atoms with Gasteiger partial charge in [-0.15, -0.1) is 0 Å². The molecule has 0 radical (unpaired) electrons. The number of hydrogen-bond acceptors (Lipinski definition) is 9. The van der Waals surface area contributed by atoms with Crippen molar-refractivity contribution in [3.05, 3.63) is 75.5 Å². The van der Waals surface area contributed by atoms with E-state index in [0.717, 1.165) is 0 Å². The maximum Gasteiger partial charge on any atom is 0.270 e. The number of halogens is 1.